The SMILES string of the molecule is C[C@H](N1CSC=C1c1ccc(C#N)cc1)[C@@](Cn1cncn1)(OCCCC(=O)[O-])c1ccc(F)cc1F.[Na+]. The van der Waals surface area contributed by atoms with Gasteiger partial charge in [0.2, 0.25) is 0 Å². The largest absolute Gasteiger partial charge is 1.00 e. The van der Waals surface area contributed by atoms with Crippen molar-refractivity contribution in [3.8, 4) is 6.07 Å². The number of carboxylic acid groups (broad SMARTS) is 1. The number of nitrogens with zero attached hydrogens (tertiary/aromatic N) is 5. The maximum absolute atomic E-state index is 15.4. The molecule has 12 heteroatoms. The van der Waals surface area contributed by atoms with Gasteiger partial charge in [-0.2, -0.15) is 10.4 Å². The fraction of sp³-hybridized carbons (Fsp3) is 0.308. The maximum Gasteiger partial charge on any atom is 1.00 e. The molecule has 0 N–H and O–H groups in total. The molecule has 0 amide bonds. The average Bonchev–Trinajstić information content (AvgIpc) is 3.58. The zero-order valence-corrected chi connectivity index (χ0v) is 23.8. The number of rotatable bonds is 11. The third-order valence-electron chi connectivity index (χ3n) is 6.31. The van der Waals surface area contributed by atoms with Crippen LogP contribution in [0.25, 0.3) is 5.70 Å². The molecular formula is C26H24F2N5NaO3S. The van der Waals surface area contributed by atoms with E-state index in [2.05, 4.69) is 16.2 Å². The van der Waals surface area contributed by atoms with Crippen LogP contribution in [0.5, 0.6) is 0 Å². The molecule has 2 heterocycles. The maximum atomic E-state index is 15.4. The molecular weight excluding hydrogens is 523 g/mol. The zero-order chi connectivity index (χ0) is 26.4. The Labute approximate surface area is 245 Å². The molecule has 0 spiro atoms. The standard InChI is InChI=1S/C26H25F2N5O3S.Na/c1-18(33-17-37-13-24(33)20-6-4-19(12-29)5-7-20)26(14-32-16-30-15-31-32,36-10-2-3-25(34)35)22-9-8-21(27)11-23(22)28;/h4-9,11,13,15-16,18H,2-3,10,14,17H2,1H3,(H,34,35);/q;+1/p-1/t18-,26+;/m0./s1. The van der Waals surface area contributed by atoms with Crippen molar-refractivity contribution in [2.45, 2.75) is 38.0 Å². The van der Waals surface area contributed by atoms with E-state index in [1.165, 1.54) is 29.5 Å². The predicted octanol–water partition coefficient (Wildman–Crippen LogP) is 0.268. The van der Waals surface area contributed by atoms with E-state index in [1.54, 1.807) is 23.9 Å². The van der Waals surface area contributed by atoms with Crippen molar-refractivity contribution in [1.29, 1.82) is 5.26 Å². The molecule has 2 aromatic carbocycles. The zero-order valence-electron chi connectivity index (χ0n) is 21.0. The third kappa shape index (κ3) is 6.62. The average molecular weight is 548 g/mol. The second-order valence-corrected chi connectivity index (χ2v) is 9.39. The fourth-order valence-corrected chi connectivity index (χ4v) is 5.43. The van der Waals surface area contributed by atoms with Gasteiger partial charge in [0.05, 0.1) is 35.8 Å². The number of hydrogen-bond donors (Lipinski definition) is 0. The quantitative estimate of drug-likeness (QED) is 0.249. The summed E-state index contributed by atoms with van der Waals surface area (Å²) >= 11 is 1.55. The number of nitriles is 1. The van der Waals surface area contributed by atoms with Crippen LogP contribution in [0.4, 0.5) is 8.78 Å². The Kier molecular flexibility index (Phi) is 10.5. The van der Waals surface area contributed by atoms with Gasteiger partial charge in [-0.15, -0.1) is 11.8 Å². The van der Waals surface area contributed by atoms with Gasteiger partial charge in [0.15, 0.2) is 0 Å². The molecule has 1 aliphatic rings. The second kappa shape index (κ2) is 13.4. The molecule has 1 aromatic heterocycles. The van der Waals surface area contributed by atoms with Crippen LogP contribution in [-0.2, 0) is 21.7 Å². The van der Waals surface area contributed by atoms with Crippen LogP contribution in [0, 0.1) is 23.0 Å². The fourth-order valence-electron chi connectivity index (χ4n) is 4.40. The summed E-state index contributed by atoms with van der Waals surface area (Å²) in [5.74, 6) is -2.20. The van der Waals surface area contributed by atoms with Crippen LogP contribution in [0.3, 0.4) is 0 Å². The monoisotopic (exact) mass is 547 g/mol. The minimum atomic E-state index is -1.41. The Morgan fingerprint density at radius 1 is 1.29 bits per heavy atom. The summed E-state index contributed by atoms with van der Waals surface area (Å²) in [6.45, 7) is 1.90. The number of aliphatic carboxylic acids is 1. The van der Waals surface area contributed by atoms with Crippen LogP contribution < -0.4 is 34.7 Å². The number of thioether (sulfide) groups is 1. The van der Waals surface area contributed by atoms with E-state index in [1.807, 2.05) is 29.4 Å². The van der Waals surface area contributed by atoms with Crippen molar-refractivity contribution in [2.75, 3.05) is 12.5 Å². The van der Waals surface area contributed by atoms with E-state index in [0.717, 1.165) is 17.3 Å². The summed E-state index contributed by atoms with van der Waals surface area (Å²) < 4.78 is 37.3. The number of ether oxygens (including phenoxy) is 1. The predicted molar refractivity (Wildman–Crippen MR) is 131 cm³/mol. The number of benzene rings is 2. The molecule has 0 saturated carbocycles. The minimum absolute atomic E-state index is 0. The van der Waals surface area contributed by atoms with Crippen molar-refractivity contribution < 1.29 is 53.0 Å². The van der Waals surface area contributed by atoms with Gasteiger partial charge < -0.3 is 19.5 Å². The molecule has 3 aromatic rings. The van der Waals surface area contributed by atoms with Crippen LogP contribution in [-0.4, -0.2) is 44.2 Å². The minimum Gasteiger partial charge on any atom is -0.550 e. The first-order valence-electron chi connectivity index (χ1n) is 11.5. The Morgan fingerprint density at radius 2 is 2.05 bits per heavy atom. The van der Waals surface area contributed by atoms with Gasteiger partial charge in [0.25, 0.3) is 0 Å². The summed E-state index contributed by atoms with van der Waals surface area (Å²) in [4.78, 5) is 17.0. The molecule has 0 fully saturated rings. The number of aromatic nitrogens is 3. The summed E-state index contributed by atoms with van der Waals surface area (Å²) in [5, 5.41) is 26.3. The van der Waals surface area contributed by atoms with Crippen molar-refractivity contribution >= 4 is 23.4 Å². The number of carbonyl (C=O) groups excluding carboxylic acids is 1. The van der Waals surface area contributed by atoms with E-state index >= 15 is 4.39 Å². The Bertz CT molecular complexity index is 1320. The van der Waals surface area contributed by atoms with Gasteiger partial charge in [-0.25, -0.2) is 18.4 Å². The molecule has 1 aliphatic heterocycles. The first-order valence-corrected chi connectivity index (χ1v) is 12.6. The van der Waals surface area contributed by atoms with Crippen LogP contribution in [0.1, 0.15) is 36.5 Å². The molecule has 192 valence electrons. The Morgan fingerprint density at radius 3 is 2.68 bits per heavy atom. The van der Waals surface area contributed by atoms with Crippen molar-refractivity contribution in [3.05, 3.63) is 88.9 Å². The molecule has 0 bridgehead atoms. The van der Waals surface area contributed by atoms with Gasteiger partial charge in [-0.1, -0.05) is 18.2 Å². The van der Waals surface area contributed by atoms with Gasteiger partial charge in [-0.05, 0) is 48.9 Å². The molecule has 4 rings (SSSR count). The van der Waals surface area contributed by atoms with Gasteiger partial charge in [0, 0.05) is 24.2 Å². The first kappa shape index (κ1) is 29.8. The molecule has 0 aliphatic carbocycles. The molecule has 0 saturated heterocycles. The normalized spacial score (nSPS) is 15.2. The second-order valence-electron chi connectivity index (χ2n) is 8.56. The Balaban J connectivity index is 0.00000400. The van der Waals surface area contributed by atoms with Crippen LogP contribution in [0.2, 0.25) is 0 Å². The number of hydrogen-bond acceptors (Lipinski definition) is 8. The summed E-state index contributed by atoms with van der Waals surface area (Å²) in [6.07, 6.45) is 2.74. The molecule has 38 heavy (non-hydrogen) atoms. The van der Waals surface area contributed by atoms with Gasteiger partial charge in [-0.3, -0.25) is 0 Å². The summed E-state index contributed by atoms with van der Waals surface area (Å²) in [7, 11) is 0. The van der Waals surface area contributed by atoms with Gasteiger partial charge in [0.1, 0.15) is 29.9 Å². The summed E-state index contributed by atoms with van der Waals surface area (Å²) in [6, 6.07) is 12.0. The van der Waals surface area contributed by atoms with E-state index in [0.29, 0.717) is 11.4 Å². The molecule has 8 nitrogen and oxygen atoms in total. The number of halogens is 2. The van der Waals surface area contributed by atoms with Crippen LogP contribution in [0.15, 0.2) is 60.5 Å². The van der Waals surface area contributed by atoms with Crippen molar-refractivity contribution in [3.63, 3.8) is 0 Å². The smallest absolute Gasteiger partial charge is 0.550 e. The summed E-state index contributed by atoms with van der Waals surface area (Å²) in [5.41, 5.74) is 0.947. The van der Waals surface area contributed by atoms with Crippen LogP contribution >= 0.6 is 11.8 Å². The van der Waals surface area contributed by atoms with Gasteiger partial charge >= 0.3 is 29.6 Å². The van der Waals surface area contributed by atoms with E-state index < -0.39 is 29.2 Å². The number of carboxylic acids is 1. The number of carbonyl (C=O) groups is 1. The third-order valence-corrected chi connectivity index (χ3v) is 7.12. The molecule has 2 atom stereocenters. The molecule has 0 unspecified atom stereocenters. The van der Waals surface area contributed by atoms with Crippen molar-refractivity contribution in [1.82, 2.24) is 19.7 Å². The van der Waals surface area contributed by atoms with E-state index in [9.17, 15) is 14.3 Å². The first-order chi connectivity index (χ1) is 17.8. The topological polar surface area (TPSA) is 107 Å². The van der Waals surface area contributed by atoms with Crippen molar-refractivity contribution in [2.24, 2.45) is 0 Å². The van der Waals surface area contributed by atoms with E-state index in [-0.39, 0.29) is 61.1 Å². The van der Waals surface area contributed by atoms with E-state index in [4.69, 9.17) is 10.00 Å². The Hall–Kier alpha value is -2.75. The molecule has 0 radical (unpaired) electrons.